The van der Waals surface area contributed by atoms with Crippen LogP contribution < -0.4 is 5.14 Å². The van der Waals surface area contributed by atoms with E-state index in [0.717, 1.165) is 22.4 Å². The number of nitrogens with one attached hydrogen (secondary N) is 1. The van der Waals surface area contributed by atoms with Gasteiger partial charge >= 0.3 is 0 Å². The Balaban J connectivity index is 2.00. The van der Waals surface area contributed by atoms with Crippen molar-refractivity contribution in [3.63, 3.8) is 0 Å². The molecular weight excluding hydrogens is 330 g/mol. The fourth-order valence-corrected chi connectivity index (χ4v) is 3.23. The number of benzene rings is 2. The molecule has 5 nitrogen and oxygen atoms in total. The topological polar surface area (TPSA) is 88.8 Å². The van der Waals surface area contributed by atoms with Crippen molar-refractivity contribution in [2.45, 2.75) is 9.79 Å². The lowest BCUT2D eigenvalue weighted by molar-refractivity contribution is 0.598. The smallest absolute Gasteiger partial charge is 0.238 e. The largest absolute Gasteiger partial charge is 0.277 e. The molecule has 0 saturated heterocycles. The molecule has 0 bridgehead atoms. The summed E-state index contributed by atoms with van der Waals surface area (Å²) in [6, 6.07) is 14.6. The Morgan fingerprint density at radius 1 is 1.00 bits per heavy atom. The Morgan fingerprint density at radius 2 is 1.61 bits per heavy atom. The molecule has 0 aliphatic carbocycles. The number of aromatic amines is 1. The molecule has 7 heteroatoms. The van der Waals surface area contributed by atoms with Crippen LogP contribution >= 0.6 is 11.8 Å². The average Bonchev–Trinajstić information content (AvgIpc) is 3.04. The third kappa shape index (κ3) is 3.31. The highest BCUT2D eigenvalue weighted by molar-refractivity contribution is 7.98. The van der Waals surface area contributed by atoms with Gasteiger partial charge in [-0.1, -0.05) is 24.3 Å². The molecule has 0 spiro atoms. The van der Waals surface area contributed by atoms with Crippen molar-refractivity contribution in [1.82, 2.24) is 10.2 Å². The summed E-state index contributed by atoms with van der Waals surface area (Å²) in [7, 11) is -3.69. The van der Waals surface area contributed by atoms with Gasteiger partial charge in [0.1, 0.15) is 0 Å². The van der Waals surface area contributed by atoms with Crippen LogP contribution in [-0.2, 0) is 10.0 Å². The fraction of sp³-hybridized carbons (Fsp3) is 0.0625. The quantitative estimate of drug-likeness (QED) is 0.711. The molecule has 0 aliphatic heterocycles. The second kappa shape index (κ2) is 6.19. The monoisotopic (exact) mass is 345 g/mol. The molecule has 1 heterocycles. The first-order chi connectivity index (χ1) is 11.0. The fourth-order valence-electron chi connectivity index (χ4n) is 2.31. The molecular formula is C16H15N3O2S2. The van der Waals surface area contributed by atoms with Gasteiger partial charge in [0.15, 0.2) is 0 Å². The third-order valence-corrected chi connectivity index (χ3v) is 5.18. The number of H-pyrrole nitrogens is 1. The van der Waals surface area contributed by atoms with Crippen LogP contribution in [-0.4, -0.2) is 24.9 Å². The number of nitrogens with zero attached hydrogens (tertiary/aromatic N) is 1. The highest BCUT2D eigenvalue weighted by Gasteiger charge is 2.12. The molecule has 118 valence electrons. The summed E-state index contributed by atoms with van der Waals surface area (Å²) < 4.78 is 22.7. The van der Waals surface area contributed by atoms with Crippen LogP contribution in [0.15, 0.2) is 64.5 Å². The van der Waals surface area contributed by atoms with Gasteiger partial charge in [-0.2, -0.15) is 5.10 Å². The minimum atomic E-state index is -3.69. The molecule has 3 N–H and O–H groups in total. The van der Waals surface area contributed by atoms with Crippen molar-refractivity contribution in [3.8, 4) is 22.4 Å². The summed E-state index contributed by atoms with van der Waals surface area (Å²) in [5.41, 5.74) is 3.68. The lowest BCUT2D eigenvalue weighted by atomic mass is 10.0. The molecule has 3 rings (SSSR count). The first-order valence-corrected chi connectivity index (χ1v) is 9.57. The van der Waals surface area contributed by atoms with E-state index >= 15 is 0 Å². The molecule has 0 unspecified atom stereocenters. The normalized spacial score (nSPS) is 11.6. The second-order valence-electron chi connectivity index (χ2n) is 4.96. The van der Waals surface area contributed by atoms with Crippen LogP contribution in [0.2, 0.25) is 0 Å². The van der Waals surface area contributed by atoms with Crippen molar-refractivity contribution in [1.29, 1.82) is 0 Å². The molecule has 2 aromatic carbocycles. The summed E-state index contributed by atoms with van der Waals surface area (Å²) in [6.45, 7) is 0. The SMILES string of the molecule is CSc1ccc(-c2cn[nH]c2-c2ccc(S(N)(=O)=O)cc2)cc1. The maximum absolute atomic E-state index is 11.3. The van der Waals surface area contributed by atoms with Gasteiger partial charge in [0, 0.05) is 16.0 Å². The zero-order valence-corrected chi connectivity index (χ0v) is 14.0. The molecule has 1 aromatic heterocycles. The highest BCUT2D eigenvalue weighted by atomic mass is 32.2. The number of hydrogen-bond acceptors (Lipinski definition) is 4. The zero-order valence-electron chi connectivity index (χ0n) is 12.4. The van der Waals surface area contributed by atoms with Crippen LogP contribution in [0.25, 0.3) is 22.4 Å². The summed E-state index contributed by atoms with van der Waals surface area (Å²) in [4.78, 5) is 1.28. The zero-order chi connectivity index (χ0) is 16.4. The van der Waals surface area contributed by atoms with Crippen LogP contribution in [0.1, 0.15) is 0 Å². The van der Waals surface area contributed by atoms with Crippen LogP contribution in [0.4, 0.5) is 0 Å². The van der Waals surface area contributed by atoms with E-state index in [9.17, 15) is 8.42 Å². The molecule has 0 aliphatic rings. The van der Waals surface area contributed by atoms with E-state index in [4.69, 9.17) is 5.14 Å². The van der Waals surface area contributed by atoms with Gasteiger partial charge in [0.25, 0.3) is 0 Å². The van der Waals surface area contributed by atoms with Gasteiger partial charge < -0.3 is 0 Å². The summed E-state index contributed by atoms with van der Waals surface area (Å²) >= 11 is 1.69. The van der Waals surface area contributed by atoms with Crippen molar-refractivity contribution in [2.75, 3.05) is 6.26 Å². The van der Waals surface area contributed by atoms with Crippen molar-refractivity contribution in [2.24, 2.45) is 5.14 Å². The van der Waals surface area contributed by atoms with Crippen LogP contribution in [0, 0.1) is 0 Å². The van der Waals surface area contributed by atoms with Crippen LogP contribution in [0.3, 0.4) is 0 Å². The molecule has 0 saturated carbocycles. The standard InChI is InChI=1S/C16H15N3O2S2/c1-22-13-6-2-11(3-7-13)15-10-18-19-16(15)12-4-8-14(9-5-12)23(17,20)21/h2-10H,1H3,(H,18,19)(H2,17,20,21). The molecule has 0 atom stereocenters. The summed E-state index contributed by atoms with van der Waals surface area (Å²) in [6.07, 6.45) is 3.79. The number of hydrogen-bond donors (Lipinski definition) is 2. The van der Waals surface area contributed by atoms with E-state index in [1.165, 1.54) is 17.0 Å². The van der Waals surface area contributed by atoms with E-state index < -0.39 is 10.0 Å². The third-order valence-electron chi connectivity index (χ3n) is 3.51. The maximum atomic E-state index is 11.3. The number of primary sulfonamides is 1. The van der Waals surface area contributed by atoms with Gasteiger partial charge in [-0.15, -0.1) is 11.8 Å². The van der Waals surface area contributed by atoms with Crippen molar-refractivity contribution in [3.05, 3.63) is 54.7 Å². The second-order valence-corrected chi connectivity index (χ2v) is 7.40. The van der Waals surface area contributed by atoms with Crippen molar-refractivity contribution < 1.29 is 8.42 Å². The Morgan fingerprint density at radius 3 is 2.17 bits per heavy atom. The minimum absolute atomic E-state index is 0.0895. The number of nitrogens with two attached hydrogens (primary N) is 1. The summed E-state index contributed by atoms with van der Waals surface area (Å²) in [5.74, 6) is 0. The Hall–Kier alpha value is -2.09. The molecule has 0 amide bonds. The predicted molar refractivity (Wildman–Crippen MR) is 92.6 cm³/mol. The van der Waals surface area contributed by atoms with Crippen molar-refractivity contribution >= 4 is 21.8 Å². The van der Waals surface area contributed by atoms with Gasteiger partial charge in [0.2, 0.25) is 10.0 Å². The van der Waals surface area contributed by atoms with Crippen LogP contribution in [0.5, 0.6) is 0 Å². The van der Waals surface area contributed by atoms with Gasteiger partial charge in [-0.3, -0.25) is 5.10 Å². The van der Waals surface area contributed by atoms with E-state index in [1.807, 2.05) is 18.4 Å². The number of aromatic nitrogens is 2. The molecule has 0 fully saturated rings. The lowest BCUT2D eigenvalue weighted by Gasteiger charge is -2.06. The van der Waals surface area contributed by atoms with E-state index in [0.29, 0.717) is 0 Å². The number of thioether (sulfide) groups is 1. The lowest BCUT2D eigenvalue weighted by Crippen LogP contribution is -2.11. The Bertz CT molecular complexity index is 915. The van der Waals surface area contributed by atoms with Gasteiger partial charge in [0.05, 0.1) is 16.8 Å². The maximum Gasteiger partial charge on any atom is 0.238 e. The number of sulfonamides is 1. The molecule has 23 heavy (non-hydrogen) atoms. The predicted octanol–water partition coefficient (Wildman–Crippen LogP) is 3.11. The van der Waals surface area contributed by atoms with Gasteiger partial charge in [-0.05, 0) is 36.1 Å². The van der Waals surface area contributed by atoms with E-state index in [-0.39, 0.29) is 4.90 Å². The summed E-state index contributed by atoms with van der Waals surface area (Å²) in [5, 5.41) is 12.2. The van der Waals surface area contributed by atoms with E-state index in [2.05, 4.69) is 22.3 Å². The average molecular weight is 345 g/mol. The molecule has 3 aromatic rings. The van der Waals surface area contributed by atoms with Gasteiger partial charge in [-0.25, -0.2) is 13.6 Å². The van der Waals surface area contributed by atoms with E-state index in [1.54, 1.807) is 30.1 Å². The first-order valence-electron chi connectivity index (χ1n) is 6.80. The first kappa shape index (κ1) is 15.8. The Labute approximate surface area is 139 Å². The Kier molecular flexibility index (Phi) is 4.25. The minimum Gasteiger partial charge on any atom is -0.277 e. The number of rotatable bonds is 4. The molecule has 0 radical (unpaired) electrons. The highest BCUT2D eigenvalue weighted by Crippen LogP contribution is 2.31.